The van der Waals surface area contributed by atoms with Gasteiger partial charge in [0.2, 0.25) is 5.89 Å². The number of fused-ring (bicyclic) bond motifs is 4. The van der Waals surface area contributed by atoms with Gasteiger partial charge < -0.3 is 8.98 Å². The Morgan fingerprint density at radius 1 is 0.391 bits per heavy atom. The number of hydrogen-bond acceptors (Lipinski definition) is 2. The van der Waals surface area contributed by atoms with Gasteiger partial charge in [-0.15, -0.1) is 0 Å². The summed E-state index contributed by atoms with van der Waals surface area (Å²) in [4.78, 5) is 4.63. The first-order valence-electron chi connectivity index (χ1n) is 15.5. The second-order valence-corrected chi connectivity index (χ2v) is 11.6. The van der Waals surface area contributed by atoms with Crippen molar-refractivity contribution in [2.75, 3.05) is 0 Å². The second-order valence-electron chi connectivity index (χ2n) is 11.6. The van der Waals surface area contributed by atoms with E-state index in [9.17, 15) is 0 Å². The minimum absolute atomic E-state index is 0.644. The first-order valence-corrected chi connectivity index (χ1v) is 15.5. The topological polar surface area (TPSA) is 31.0 Å². The number of benzene rings is 7. The van der Waals surface area contributed by atoms with Crippen LogP contribution in [0.25, 0.3) is 83.4 Å². The standard InChI is InChI=1S/C43H28N2O/c1-2-8-36(9-3-1)45-40-12-6-4-10-37(40)38-28-35(26-27-41(38)45)33-20-18-31(19-21-33)29-14-16-30(17-15-29)32-22-24-34(25-23-32)43-44-39-11-5-7-13-42(39)46-43/h1-28H. The number of para-hydroxylation sites is 4. The minimum Gasteiger partial charge on any atom is -0.436 e. The minimum atomic E-state index is 0.644. The van der Waals surface area contributed by atoms with Gasteiger partial charge in [0.1, 0.15) is 5.52 Å². The van der Waals surface area contributed by atoms with Crippen LogP contribution in [0.15, 0.2) is 174 Å². The van der Waals surface area contributed by atoms with Gasteiger partial charge in [0.15, 0.2) is 5.58 Å². The molecular formula is C43H28N2O. The third-order valence-electron chi connectivity index (χ3n) is 8.88. The van der Waals surface area contributed by atoms with Crippen molar-refractivity contribution in [3.8, 4) is 50.5 Å². The molecule has 0 fully saturated rings. The van der Waals surface area contributed by atoms with Crippen molar-refractivity contribution in [1.82, 2.24) is 9.55 Å². The summed E-state index contributed by atoms with van der Waals surface area (Å²) in [6.07, 6.45) is 0. The Morgan fingerprint density at radius 3 is 1.54 bits per heavy atom. The van der Waals surface area contributed by atoms with Crippen LogP contribution in [0.5, 0.6) is 0 Å². The quantitative estimate of drug-likeness (QED) is 0.200. The van der Waals surface area contributed by atoms with Crippen LogP contribution in [-0.4, -0.2) is 9.55 Å². The summed E-state index contributed by atoms with van der Waals surface area (Å²) >= 11 is 0. The monoisotopic (exact) mass is 588 g/mol. The van der Waals surface area contributed by atoms with E-state index in [-0.39, 0.29) is 0 Å². The third kappa shape index (κ3) is 4.49. The summed E-state index contributed by atoms with van der Waals surface area (Å²) in [7, 11) is 0. The number of rotatable bonds is 5. The van der Waals surface area contributed by atoms with E-state index >= 15 is 0 Å². The summed E-state index contributed by atoms with van der Waals surface area (Å²) in [5, 5.41) is 2.53. The molecule has 3 heteroatoms. The fraction of sp³-hybridized carbons (Fsp3) is 0. The lowest BCUT2D eigenvalue weighted by Crippen LogP contribution is -1.92. The van der Waals surface area contributed by atoms with Gasteiger partial charge in [0.25, 0.3) is 0 Å². The molecule has 7 aromatic carbocycles. The highest BCUT2D eigenvalue weighted by Crippen LogP contribution is 2.36. The molecule has 0 saturated carbocycles. The van der Waals surface area contributed by atoms with Crippen molar-refractivity contribution in [1.29, 1.82) is 0 Å². The van der Waals surface area contributed by atoms with Gasteiger partial charge in [-0.1, -0.05) is 115 Å². The maximum absolute atomic E-state index is 5.94. The van der Waals surface area contributed by atoms with Crippen LogP contribution >= 0.6 is 0 Å². The van der Waals surface area contributed by atoms with Gasteiger partial charge in [0.05, 0.1) is 11.0 Å². The average molecular weight is 589 g/mol. The summed E-state index contributed by atoms with van der Waals surface area (Å²) in [5.74, 6) is 0.644. The first-order chi connectivity index (χ1) is 22.8. The molecule has 0 aliphatic carbocycles. The molecule has 3 nitrogen and oxygen atoms in total. The van der Waals surface area contributed by atoms with Crippen molar-refractivity contribution < 1.29 is 4.42 Å². The van der Waals surface area contributed by atoms with Gasteiger partial charge in [-0.05, 0) is 88.0 Å². The molecule has 0 aliphatic rings. The highest BCUT2D eigenvalue weighted by atomic mass is 16.3. The Morgan fingerprint density at radius 2 is 0.891 bits per heavy atom. The third-order valence-corrected chi connectivity index (χ3v) is 8.88. The molecule has 0 N–H and O–H groups in total. The fourth-order valence-corrected chi connectivity index (χ4v) is 6.52. The molecule has 9 aromatic rings. The van der Waals surface area contributed by atoms with Crippen molar-refractivity contribution in [3.05, 3.63) is 170 Å². The first kappa shape index (κ1) is 26.2. The normalized spacial score (nSPS) is 11.5. The molecule has 216 valence electrons. The van der Waals surface area contributed by atoms with Gasteiger partial charge in [0, 0.05) is 22.0 Å². The maximum atomic E-state index is 5.94. The average Bonchev–Trinajstić information content (AvgIpc) is 3.72. The van der Waals surface area contributed by atoms with E-state index in [1.54, 1.807) is 0 Å². The van der Waals surface area contributed by atoms with E-state index < -0.39 is 0 Å². The molecule has 0 radical (unpaired) electrons. The molecule has 2 heterocycles. The predicted octanol–water partition coefficient (Wildman–Crippen LogP) is 11.6. The van der Waals surface area contributed by atoms with Crippen LogP contribution in [-0.2, 0) is 0 Å². The smallest absolute Gasteiger partial charge is 0.227 e. The zero-order chi connectivity index (χ0) is 30.5. The SMILES string of the molecule is c1ccc(-n2c3ccccc3c3cc(-c4ccc(-c5ccc(-c6ccc(-c7nc8ccccc8o7)cc6)cc5)cc4)ccc32)cc1. The van der Waals surface area contributed by atoms with E-state index in [2.05, 4.69) is 155 Å². The Labute approximate surface area is 266 Å². The molecule has 0 atom stereocenters. The second kappa shape index (κ2) is 10.8. The van der Waals surface area contributed by atoms with Gasteiger partial charge >= 0.3 is 0 Å². The number of aromatic nitrogens is 2. The molecule has 0 amide bonds. The molecule has 0 bridgehead atoms. The lowest BCUT2D eigenvalue weighted by atomic mass is 9.97. The zero-order valence-electron chi connectivity index (χ0n) is 25.0. The highest BCUT2D eigenvalue weighted by Gasteiger charge is 2.13. The maximum Gasteiger partial charge on any atom is 0.227 e. The highest BCUT2D eigenvalue weighted by molar-refractivity contribution is 6.10. The lowest BCUT2D eigenvalue weighted by molar-refractivity contribution is 0.620. The van der Waals surface area contributed by atoms with E-state index in [0.29, 0.717) is 5.89 Å². The zero-order valence-corrected chi connectivity index (χ0v) is 25.0. The number of hydrogen-bond donors (Lipinski definition) is 0. The summed E-state index contributed by atoms with van der Waals surface area (Å²) in [6.45, 7) is 0. The fourth-order valence-electron chi connectivity index (χ4n) is 6.52. The van der Waals surface area contributed by atoms with Crippen molar-refractivity contribution in [3.63, 3.8) is 0 Å². The Balaban J connectivity index is 0.977. The van der Waals surface area contributed by atoms with Crippen molar-refractivity contribution >= 4 is 32.9 Å². The van der Waals surface area contributed by atoms with Crippen LogP contribution in [0.3, 0.4) is 0 Å². The summed E-state index contributed by atoms with van der Waals surface area (Å²) < 4.78 is 8.30. The molecule has 9 rings (SSSR count). The summed E-state index contributed by atoms with van der Waals surface area (Å²) in [5.41, 5.74) is 13.4. The number of nitrogens with zero attached hydrogens (tertiary/aromatic N) is 2. The van der Waals surface area contributed by atoms with Crippen LogP contribution in [0.1, 0.15) is 0 Å². The van der Waals surface area contributed by atoms with Crippen LogP contribution < -0.4 is 0 Å². The van der Waals surface area contributed by atoms with Gasteiger partial charge in [-0.2, -0.15) is 0 Å². The molecule has 0 saturated heterocycles. The molecule has 46 heavy (non-hydrogen) atoms. The van der Waals surface area contributed by atoms with E-state index in [1.807, 2.05) is 24.3 Å². The number of oxazole rings is 1. The van der Waals surface area contributed by atoms with Crippen LogP contribution in [0.2, 0.25) is 0 Å². The van der Waals surface area contributed by atoms with Crippen LogP contribution in [0, 0.1) is 0 Å². The molecule has 0 spiro atoms. The largest absolute Gasteiger partial charge is 0.436 e. The van der Waals surface area contributed by atoms with Gasteiger partial charge in [-0.3, -0.25) is 0 Å². The Bertz CT molecular complexity index is 2450. The Kier molecular flexibility index (Phi) is 6.14. The Hall–Kier alpha value is -6.19. The van der Waals surface area contributed by atoms with E-state index in [4.69, 9.17) is 4.42 Å². The van der Waals surface area contributed by atoms with Crippen LogP contribution in [0.4, 0.5) is 0 Å². The van der Waals surface area contributed by atoms with Crippen molar-refractivity contribution in [2.24, 2.45) is 0 Å². The molecule has 0 aliphatic heterocycles. The summed E-state index contributed by atoms with van der Waals surface area (Å²) in [6, 6.07) is 60.0. The van der Waals surface area contributed by atoms with E-state index in [0.717, 1.165) is 22.2 Å². The predicted molar refractivity (Wildman–Crippen MR) is 190 cm³/mol. The lowest BCUT2D eigenvalue weighted by Gasteiger charge is -2.09. The van der Waals surface area contributed by atoms with Crippen molar-refractivity contribution in [2.45, 2.75) is 0 Å². The molecule has 0 unspecified atom stereocenters. The van der Waals surface area contributed by atoms with Gasteiger partial charge in [-0.25, -0.2) is 4.98 Å². The van der Waals surface area contributed by atoms with E-state index in [1.165, 1.54) is 55.3 Å². The molecule has 2 aromatic heterocycles. The molecular weight excluding hydrogens is 560 g/mol.